The van der Waals surface area contributed by atoms with Gasteiger partial charge in [0.1, 0.15) is 6.04 Å². The average Bonchev–Trinajstić information content (AvgIpc) is 2.47. The van der Waals surface area contributed by atoms with Crippen LogP contribution in [0.15, 0.2) is 28.7 Å². The lowest BCUT2D eigenvalue weighted by molar-refractivity contribution is -0.130. The molecule has 1 aliphatic heterocycles. The van der Waals surface area contributed by atoms with Crippen molar-refractivity contribution in [2.75, 3.05) is 26.3 Å². The number of likely N-dealkylation sites (N-methyl/N-ethyl adjacent to an activating group) is 1. The Kier molecular flexibility index (Phi) is 5.14. The lowest BCUT2D eigenvalue weighted by Crippen LogP contribution is -2.55. The highest BCUT2D eigenvalue weighted by atomic mass is 79.9. The predicted octanol–water partition coefficient (Wildman–Crippen LogP) is 1.43. The number of ether oxygens (including phenoxy) is 1. The van der Waals surface area contributed by atoms with E-state index in [1.54, 1.807) is 23.1 Å². The third-order valence-electron chi connectivity index (χ3n) is 3.11. The van der Waals surface area contributed by atoms with Crippen molar-refractivity contribution in [3.63, 3.8) is 0 Å². The molecule has 6 heteroatoms. The van der Waals surface area contributed by atoms with Gasteiger partial charge in [0, 0.05) is 23.1 Å². The molecule has 108 valence electrons. The van der Waals surface area contributed by atoms with Gasteiger partial charge in [-0.1, -0.05) is 22.0 Å². The predicted molar refractivity (Wildman–Crippen MR) is 78.5 cm³/mol. The van der Waals surface area contributed by atoms with Crippen molar-refractivity contribution in [2.45, 2.75) is 13.0 Å². The van der Waals surface area contributed by atoms with Crippen molar-refractivity contribution in [1.29, 1.82) is 0 Å². The summed E-state index contributed by atoms with van der Waals surface area (Å²) < 4.78 is 6.16. The third-order valence-corrected chi connectivity index (χ3v) is 3.61. The molecule has 20 heavy (non-hydrogen) atoms. The van der Waals surface area contributed by atoms with Gasteiger partial charge in [-0.05, 0) is 25.1 Å². The summed E-state index contributed by atoms with van der Waals surface area (Å²) in [5.74, 6) is -0.318. The number of benzene rings is 1. The molecular formula is C14H17BrN2O3. The molecule has 1 fully saturated rings. The standard InChI is InChI=1S/C14H17BrN2O3/c1-2-16-13(18)12-9-20-7-6-17(12)14(19)10-4-3-5-11(15)8-10/h3-5,8,12H,2,6-7,9H2,1H3,(H,16,18). The number of carbonyl (C=O) groups is 2. The number of rotatable bonds is 3. The Morgan fingerprint density at radius 2 is 2.30 bits per heavy atom. The van der Waals surface area contributed by atoms with Crippen molar-refractivity contribution in [1.82, 2.24) is 10.2 Å². The molecule has 1 atom stereocenters. The van der Waals surface area contributed by atoms with Crippen molar-refractivity contribution < 1.29 is 14.3 Å². The summed E-state index contributed by atoms with van der Waals surface area (Å²) in [6, 6.07) is 6.61. The van der Waals surface area contributed by atoms with E-state index in [1.165, 1.54) is 0 Å². The summed E-state index contributed by atoms with van der Waals surface area (Å²) in [5.41, 5.74) is 0.565. The first-order valence-corrected chi connectivity index (χ1v) is 7.34. The maximum absolute atomic E-state index is 12.5. The molecule has 0 aliphatic carbocycles. The Hall–Kier alpha value is -1.40. The van der Waals surface area contributed by atoms with Crippen molar-refractivity contribution >= 4 is 27.7 Å². The number of carbonyl (C=O) groups excluding carboxylic acids is 2. The van der Waals surface area contributed by atoms with Gasteiger partial charge in [0.05, 0.1) is 13.2 Å². The first-order chi connectivity index (χ1) is 9.63. The number of nitrogens with one attached hydrogen (secondary N) is 1. The molecule has 0 saturated carbocycles. The second-order valence-corrected chi connectivity index (χ2v) is 5.41. The molecular weight excluding hydrogens is 324 g/mol. The second kappa shape index (κ2) is 6.85. The van der Waals surface area contributed by atoms with Gasteiger partial charge in [-0.25, -0.2) is 0 Å². The molecule has 1 aliphatic rings. The fraction of sp³-hybridized carbons (Fsp3) is 0.429. The Labute approximate surface area is 126 Å². The number of hydrogen-bond donors (Lipinski definition) is 1. The van der Waals surface area contributed by atoms with Crippen LogP contribution >= 0.6 is 15.9 Å². The smallest absolute Gasteiger partial charge is 0.254 e. The zero-order chi connectivity index (χ0) is 14.5. The van der Waals surface area contributed by atoms with Gasteiger partial charge >= 0.3 is 0 Å². The highest BCUT2D eigenvalue weighted by Gasteiger charge is 2.33. The first-order valence-electron chi connectivity index (χ1n) is 6.55. The van der Waals surface area contributed by atoms with E-state index >= 15 is 0 Å². The molecule has 2 amide bonds. The van der Waals surface area contributed by atoms with E-state index in [-0.39, 0.29) is 18.4 Å². The number of morpholine rings is 1. The van der Waals surface area contributed by atoms with Crippen LogP contribution in [-0.4, -0.2) is 49.1 Å². The van der Waals surface area contributed by atoms with Gasteiger partial charge in [-0.2, -0.15) is 0 Å². The van der Waals surface area contributed by atoms with E-state index in [0.29, 0.717) is 25.3 Å². The van der Waals surface area contributed by atoms with E-state index in [9.17, 15) is 9.59 Å². The summed E-state index contributed by atoms with van der Waals surface area (Å²) in [4.78, 5) is 26.1. The molecule has 1 saturated heterocycles. The van der Waals surface area contributed by atoms with E-state index in [0.717, 1.165) is 4.47 Å². The maximum atomic E-state index is 12.5. The summed E-state index contributed by atoms with van der Waals surface area (Å²) in [7, 11) is 0. The number of nitrogens with zero attached hydrogens (tertiary/aromatic N) is 1. The lowest BCUT2D eigenvalue weighted by Gasteiger charge is -2.34. The quantitative estimate of drug-likeness (QED) is 0.905. The van der Waals surface area contributed by atoms with Crippen LogP contribution in [0.4, 0.5) is 0 Å². The topological polar surface area (TPSA) is 58.6 Å². The molecule has 0 bridgehead atoms. The zero-order valence-corrected chi connectivity index (χ0v) is 12.9. The van der Waals surface area contributed by atoms with Crippen LogP contribution in [0.3, 0.4) is 0 Å². The van der Waals surface area contributed by atoms with Crippen LogP contribution in [0, 0.1) is 0 Å². The summed E-state index contributed by atoms with van der Waals surface area (Å²) in [6.45, 7) is 3.50. The van der Waals surface area contributed by atoms with Crippen LogP contribution < -0.4 is 5.32 Å². The van der Waals surface area contributed by atoms with Gasteiger partial charge in [0.2, 0.25) is 5.91 Å². The normalized spacial score (nSPS) is 18.7. The van der Waals surface area contributed by atoms with Crippen LogP contribution in [0.25, 0.3) is 0 Å². The van der Waals surface area contributed by atoms with E-state index in [4.69, 9.17) is 4.74 Å². The van der Waals surface area contributed by atoms with Gasteiger partial charge in [0.15, 0.2) is 0 Å². The summed E-state index contributed by atoms with van der Waals surface area (Å²) in [5, 5.41) is 2.74. The molecule has 2 rings (SSSR count). The van der Waals surface area contributed by atoms with Gasteiger partial charge in [-0.15, -0.1) is 0 Å². The fourth-order valence-electron chi connectivity index (χ4n) is 2.14. The second-order valence-electron chi connectivity index (χ2n) is 4.49. The molecule has 1 aromatic rings. The fourth-order valence-corrected chi connectivity index (χ4v) is 2.54. The van der Waals surface area contributed by atoms with Crippen LogP contribution in [0.2, 0.25) is 0 Å². The number of halogens is 1. The third kappa shape index (κ3) is 3.37. The largest absolute Gasteiger partial charge is 0.377 e. The maximum Gasteiger partial charge on any atom is 0.254 e. The SMILES string of the molecule is CCNC(=O)C1COCCN1C(=O)c1cccc(Br)c1. The zero-order valence-electron chi connectivity index (χ0n) is 11.3. The Morgan fingerprint density at radius 1 is 1.50 bits per heavy atom. The molecule has 1 N–H and O–H groups in total. The summed E-state index contributed by atoms with van der Waals surface area (Å²) in [6.07, 6.45) is 0. The van der Waals surface area contributed by atoms with Gasteiger partial charge < -0.3 is 15.0 Å². The molecule has 5 nitrogen and oxygen atoms in total. The van der Waals surface area contributed by atoms with Gasteiger partial charge in [0.25, 0.3) is 5.91 Å². The molecule has 1 heterocycles. The monoisotopic (exact) mass is 340 g/mol. The van der Waals surface area contributed by atoms with Crippen LogP contribution in [0.1, 0.15) is 17.3 Å². The van der Waals surface area contributed by atoms with E-state index in [2.05, 4.69) is 21.2 Å². The van der Waals surface area contributed by atoms with E-state index in [1.807, 2.05) is 13.0 Å². The summed E-state index contributed by atoms with van der Waals surface area (Å²) >= 11 is 3.35. The minimum Gasteiger partial charge on any atom is -0.377 e. The molecule has 0 aromatic heterocycles. The highest BCUT2D eigenvalue weighted by molar-refractivity contribution is 9.10. The Balaban J connectivity index is 2.19. The number of hydrogen-bond acceptors (Lipinski definition) is 3. The average molecular weight is 341 g/mol. The minimum atomic E-state index is -0.560. The van der Waals surface area contributed by atoms with Crippen LogP contribution in [0.5, 0.6) is 0 Å². The number of amides is 2. The Bertz CT molecular complexity index is 507. The van der Waals surface area contributed by atoms with Gasteiger partial charge in [-0.3, -0.25) is 9.59 Å². The van der Waals surface area contributed by atoms with Crippen molar-refractivity contribution in [3.05, 3.63) is 34.3 Å². The molecule has 1 unspecified atom stereocenters. The minimum absolute atomic E-state index is 0.147. The van der Waals surface area contributed by atoms with Crippen molar-refractivity contribution in [3.8, 4) is 0 Å². The van der Waals surface area contributed by atoms with Crippen LogP contribution in [-0.2, 0) is 9.53 Å². The molecule has 0 spiro atoms. The lowest BCUT2D eigenvalue weighted by atomic mass is 10.1. The van der Waals surface area contributed by atoms with Crippen molar-refractivity contribution in [2.24, 2.45) is 0 Å². The molecule has 0 radical (unpaired) electrons. The van der Waals surface area contributed by atoms with E-state index < -0.39 is 6.04 Å². The molecule has 1 aromatic carbocycles. The first kappa shape index (κ1) is 15.0. The highest BCUT2D eigenvalue weighted by Crippen LogP contribution is 2.16. The Morgan fingerprint density at radius 3 is 3.00 bits per heavy atom.